The van der Waals surface area contributed by atoms with Gasteiger partial charge in [-0.25, -0.2) is 0 Å². The van der Waals surface area contributed by atoms with Crippen molar-refractivity contribution >= 4 is 27.4 Å². The fraction of sp³-hybridized carbons (Fsp3) is 0.917. The van der Waals surface area contributed by atoms with Crippen molar-refractivity contribution in [3.8, 4) is 0 Å². The molecule has 0 amide bonds. The molecule has 2 aliphatic rings. The number of piperidine rings is 1. The highest BCUT2D eigenvalue weighted by Gasteiger charge is 2.34. The lowest BCUT2D eigenvalue weighted by Gasteiger charge is -2.38. The van der Waals surface area contributed by atoms with Crippen molar-refractivity contribution in [2.45, 2.75) is 19.8 Å². The van der Waals surface area contributed by atoms with Gasteiger partial charge in [0, 0.05) is 45.8 Å². The minimum atomic E-state index is -3.29. The van der Waals surface area contributed by atoms with Gasteiger partial charge >= 0.3 is 0 Å². The first-order valence-electron chi connectivity index (χ1n) is 7.15. The second-order valence-electron chi connectivity index (χ2n) is 5.75. The number of piperazine rings is 1. The molecule has 2 heterocycles. The van der Waals surface area contributed by atoms with Gasteiger partial charge in [0.15, 0.2) is 0 Å². The average Bonchev–Trinajstić information content (AvgIpc) is 2.38. The van der Waals surface area contributed by atoms with Gasteiger partial charge < -0.3 is 5.73 Å². The molecule has 1 unspecified atom stereocenters. The second kappa shape index (κ2) is 6.65. The fourth-order valence-electron chi connectivity index (χ4n) is 2.86. The Hall–Kier alpha value is -0.280. The third-order valence-electron chi connectivity index (χ3n) is 3.98. The summed E-state index contributed by atoms with van der Waals surface area (Å²) in [4.78, 5) is 2.57. The van der Waals surface area contributed by atoms with Gasteiger partial charge in [-0.3, -0.25) is 4.90 Å². The summed E-state index contributed by atoms with van der Waals surface area (Å²) in [6.45, 7) is 6.42. The Labute approximate surface area is 127 Å². The summed E-state index contributed by atoms with van der Waals surface area (Å²) < 4.78 is 28.4. The Morgan fingerprint density at radius 3 is 2.40 bits per heavy atom. The van der Waals surface area contributed by atoms with E-state index in [4.69, 9.17) is 18.0 Å². The summed E-state index contributed by atoms with van der Waals surface area (Å²) in [5, 5.41) is 0. The van der Waals surface area contributed by atoms with Crippen molar-refractivity contribution in [2.75, 3.05) is 45.8 Å². The quantitative estimate of drug-likeness (QED) is 0.731. The molecule has 6 nitrogen and oxygen atoms in total. The van der Waals surface area contributed by atoms with E-state index in [1.165, 1.54) is 0 Å². The Morgan fingerprint density at radius 1 is 1.20 bits per heavy atom. The summed E-state index contributed by atoms with van der Waals surface area (Å²) >= 11 is 4.89. The molecular weight excluding hydrogens is 296 g/mol. The zero-order valence-corrected chi connectivity index (χ0v) is 13.6. The molecule has 0 aromatic carbocycles. The lowest BCUT2D eigenvalue weighted by atomic mass is 10.0. The predicted octanol–water partition coefficient (Wildman–Crippen LogP) is -0.133. The van der Waals surface area contributed by atoms with E-state index < -0.39 is 10.2 Å². The van der Waals surface area contributed by atoms with Crippen LogP contribution in [0.5, 0.6) is 0 Å². The van der Waals surface area contributed by atoms with Crippen LogP contribution in [0.2, 0.25) is 0 Å². The first-order valence-corrected chi connectivity index (χ1v) is 8.96. The molecule has 0 aromatic heterocycles. The van der Waals surface area contributed by atoms with Crippen LogP contribution in [0.1, 0.15) is 19.8 Å². The van der Waals surface area contributed by atoms with Crippen LogP contribution in [0.3, 0.4) is 0 Å². The maximum Gasteiger partial charge on any atom is 0.282 e. The molecule has 0 spiro atoms. The molecule has 0 bridgehead atoms. The maximum absolute atomic E-state index is 12.6. The van der Waals surface area contributed by atoms with Crippen molar-refractivity contribution in [1.29, 1.82) is 0 Å². The SMILES string of the molecule is CC1CCCN(S(=O)(=O)N2CCN(CC(N)=S)CC2)C1. The van der Waals surface area contributed by atoms with Gasteiger partial charge in [-0.2, -0.15) is 17.0 Å². The summed E-state index contributed by atoms with van der Waals surface area (Å²) in [5.41, 5.74) is 5.53. The molecule has 0 aliphatic carbocycles. The van der Waals surface area contributed by atoms with Crippen LogP contribution in [0.15, 0.2) is 0 Å². The van der Waals surface area contributed by atoms with Crippen molar-refractivity contribution in [3.63, 3.8) is 0 Å². The average molecular weight is 320 g/mol. The Morgan fingerprint density at radius 2 is 1.85 bits per heavy atom. The van der Waals surface area contributed by atoms with Crippen molar-refractivity contribution in [3.05, 3.63) is 0 Å². The number of nitrogens with zero attached hydrogens (tertiary/aromatic N) is 3. The molecule has 1 atom stereocenters. The van der Waals surface area contributed by atoms with Gasteiger partial charge in [0.05, 0.1) is 4.99 Å². The molecule has 0 saturated carbocycles. The van der Waals surface area contributed by atoms with E-state index in [0.717, 1.165) is 12.8 Å². The summed E-state index contributed by atoms with van der Waals surface area (Å²) in [6, 6.07) is 0. The Kier molecular flexibility index (Phi) is 5.36. The van der Waals surface area contributed by atoms with Crippen LogP contribution in [-0.2, 0) is 10.2 Å². The highest BCUT2D eigenvalue weighted by Crippen LogP contribution is 2.21. The number of hydrogen-bond acceptors (Lipinski definition) is 4. The summed E-state index contributed by atoms with van der Waals surface area (Å²) in [6.07, 6.45) is 2.08. The van der Waals surface area contributed by atoms with Crippen molar-refractivity contribution in [2.24, 2.45) is 11.7 Å². The van der Waals surface area contributed by atoms with E-state index in [9.17, 15) is 8.42 Å². The van der Waals surface area contributed by atoms with Gasteiger partial charge in [0.2, 0.25) is 0 Å². The molecule has 116 valence electrons. The van der Waals surface area contributed by atoms with Gasteiger partial charge in [0.1, 0.15) is 0 Å². The van der Waals surface area contributed by atoms with Crippen LogP contribution >= 0.6 is 12.2 Å². The highest BCUT2D eigenvalue weighted by atomic mass is 32.2. The van der Waals surface area contributed by atoms with Crippen LogP contribution in [0, 0.1) is 5.92 Å². The molecule has 0 aromatic rings. The van der Waals surface area contributed by atoms with E-state index >= 15 is 0 Å². The van der Waals surface area contributed by atoms with Crippen LogP contribution in [0.25, 0.3) is 0 Å². The van der Waals surface area contributed by atoms with Crippen molar-refractivity contribution < 1.29 is 8.42 Å². The standard InChI is InChI=1S/C12H24N4O2S2/c1-11-3-2-4-16(9-11)20(17,18)15-7-5-14(6-8-15)10-12(13)19/h11H,2-10H2,1H3,(H2,13,19). The lowest BCUT2D eigenvalue weighted by molar-refractivity contribution is 0.191. The zero-order valence-electron chi connectivity index (χ0n) is 12.0. The molecular formula is C12H24N4O2S2. The Bertz CT molecular complexity index is 446. The molecule has 2 N–H and O–H groups in total. The molecule has 20 heavy (non-hydrogen) atoms. The van der Waals surface area contributed by atoms with E-state index in [1.54, 1.807) is 8.61 Å². The molecule has 2 aliphatic heterocycles. The van der Waals surface area contributed by atoms with Gasteiger partial charge in [-0.1, -0.05) is 19.1 Å². The topological polar surface area (TPSA) is 69.9 Å². The lowest BCUT2D eigenvalue weighted by Crippen LogP contribution is -2.55. The Balaban J connectivity index is 1.93. The summed E-state index contributed by atoms with van der Waals surface area (Å²) in [5.74, 6) is 0.453. The third kappa shape index (κ3) is 3.88. The number of nitrogens with two attached hydrogens (primary N) is 1. The van der Waals surface area contributed by atoms with Crippen molar-refractivity contribution in [1.82, 2.24) is 13.5 Å². The first-order chi connectivity index (χ1) is 9.39. The second-order valence-corrected chi connectivity index (χ2v) is 8.21. The normalized spacial score (nSPS) is 27.6. The first kappa shape index (κ1) is 16.1. The minimum Gasteiger partial charge on any atom is -0.392 e. The maximum atomic E-state index is 12.6. The third-order valence-corrected chi connectivity index (χ3v) is 6.11. The number of hydrogen-bond donors (Lipinski definition) is 1. The van der Waals surface area contributed by atoms with Gasteiger partial charge in [-0.05, 0) is 18.8 Å². The molecule has 2 fully saturated rings. The van der Waals surface area contributed by atoms with E-state index in [1.807, 2.05) is 0 Å². The summed E-state index contributed by atoms with van der Waals surface area (Å²) in [7, 11) is -3.29. The number of rotatable bonds is 4. The van der Waals surface area contributed by atoms with E-state index in [-0.39, 0.29) is 0 Å². The zero-order chi connectivity index (χ0) is 14.8. The molecule has 8 heteroatoms. The smallest absolute Gasteiger partial charge is 0.282 e. The molecule has 2 rings (SSSR count). The van der Waals surface area contributed by atoms with Crippen LogP contribution < -0.4 is 5.73 Å². The fourth-order valence-corrected chi connectivity index (χ4v) is 4.79. The number of thiocarbonyl (C=S) groups is 1. The van der Waals surface area contributed by atoms with E-state index in [2.05, 4.69) is 11.8 Å². The molecule has 2 saturated heterocycles. The van der Waals surface area contributed by atoms with Gasteiger partial charge in [0.25, 0.3) is 10.2 Å². The largest absolute Gasteiger partial charge is 0.392 e. The monoisotopic (exact) mass is 320 g/mol. The molecule has 0 radical (unpaired) electrons. The van der Waals surface area contributed by atoms with E-state index in [0.29, 0.717) is 56.7 Å². The van der Waals surface area contributed by atoms with Crippen LogP contribution in [0.4, 0.5) is 0 Å². The predicted molar refractivity (Wildman–Crippen MR) is 83.7 cm³/mol. The minimum absolute atomic E-state index is 0.453. The highest BCUT2D eigenvalue weighted by molar-refractivity contribution is 7.86. The van der Waals surface area contributed by atoms with Crippen LogP contribution in [-0.4, -0.2) is 72.7 Å². The van der Waals surface area contributed by atoms with Gasteiger partial charge in [-0.15, -0.1) is 0 Å².